The number of benzene rings is 1. The molecule has 1 aromatic carbocycles. The summed E-state index contributed by atoms with van der Waals surface area (Å²) in [4.78, 5) is 16.0. The molecule has 0 bridgehead atoms. The van der Waals surface area contributed by atoms with E-state index in [1.54, 1.807) is 24.6 Å². The molecular weight excluding hydrogens is 355 g/mol. The van der Waals surface area contributed by atoms with Gasteiger partial charge in [0.05, 0.1) is 15.1 Å². The maximum Gasteiger partial charge on any atom is 0.334 e. The van der Waals surface area contributed by atoms with Crippen molar-refractivity contribution in [3.8, 4) is 0 Å². The first kappa shape index (κ1) is 16.4. The maximum atomic E-state index is 11.9. The molecule has 4 nitrogen and oxygen atoms in total. The number of halogens is 3. The number of aromatic nitrogens is 1. The molecule has 1 atom stereocenters. The Labute approximate surface area is 140 Å². The molecule has 0 radical (unpaired) electrons. The van der Waals surface area contributed by atoms with Gasteiger partial charge in [-0.1, -0.05) is 47.8 Å². The Bertz CT molecular complexity index is 664. The molecule has 0 spiro atoms. The van der Waals surface area contributed by atoms with E-state index in [0.717, 1.165) is 0 Å². The first-order chi connectivity index (χ1) is 9.92. The highest BCUT2D eigenvalue weighted by Crippen LogP contribution is 2.41. The topological polar surface area (TPSA) is 62.2 Å². The summed E-state index contributed by atoms with van der Waals surface area (Å²) in [6, 6.07) is 3.09. The summed E-state index contributed by atoms with van der Waals surface area (Å²) in [7, 11) is 0. The van der Waals surface area contributed by atoms with Crippen molar-refractivity contribution in [2.45, 2.75) is 18.9 Å². The van der Waals surface area contributed by atoms with Crippen LogP contribution in [-0.2, 0) is 10.3 Å². The molecule has 0 saturated carbocycles. The lowest BCUT2D eigenvalue weighted by molar-refractivity contribution is -0.142. The summed E-state index contributed by atoms with van der Waals surface area (Å²) in [5, 5.41) is 15.5. The van der Waals surface area contributed by atoms with Crippen LogP contribution in [0.15, 0.2) is 23.7 Å². The van der Waals surface area contributed by atoms with Gasteiger partial charge in [0.2, 0.25) is 0 Å². The van der Waals surface area contributed by atoms with Crippen molar-refractivity contribution in [1.29, 1.82) is 0 Å². The Morgan fingerprint density at radius 2 is 2.10 bits per heavy atom. The van der Waals surface area contributed by atoms with Gasteiger partial charge >= 0.3 is 5.97 Å². The van der Waals surface area contributed by atoms with Crippen molar-refractivity contribution in [3.63, 3.8) is 0 Å². The van der Waals surface area contributed by atoms with Crippen molar-refractivity contribution >= 4 is 57.2 Å². The van der Waals surface area contributed by atoms with Crippen molar-refractivity contribution in [2.75, 3.05) is 5.32 Å². The van der Waals surface area contributed by atoms with Gasteiger partial charge in [0.1, 0.15) is 0 Å². The van der Waals surface area contributed by atoms with E-state index in [1.165, 1.54) is 17.4 Å². The van der Waals surface area contributed by atoms with Crippen LogP contribution in [0.25, 0.3) is 0 Å². The number of hydrogen-bond acceptors (Lipinski definition) is 4. The van der Waals surface area contributed by atoms with Crippen LogP contribution in [0.5, 0.6) is 0 Å². The van der Waals surface area contributed by atoms with Crippen LogP contribution in [0.4, 0.5) is 5.13 Å². The van der Waals surface area contributed by atoms with Crippen LogP contribution < -0.4 is 5.32 Å². The normalized spacial score (nSPS) is 13.7. The zero-order chi connectivity index (χ0) is 15.6. The number of thiazole rings is 1. The monoisotopic (exact) mass is 364 g/mol. The van der Waals surface area contributed by atoms with Gasteiger partial charge < -0.3 is 10.4 Å². The van der Waals surface area contributed by atoms with Crippen LogP contribution >= 0.6 is 46.1 Å². The Balaban J connectivity index is 2.60. The zero-order valence-electron chi connectivity index (χ0n) is 10.9. The third kappa shape index (κ3) is 2.97. The molecule has 21 heavy (non-hydrogen) atoms. The standard InChI is InChI=1S/C13H11Cl3N2O2S/c1-2-13(11(19)20,18-12-17-5-6-21-12)7-3-4-8(14)10(16)9(7)15/h3-6H,2H2,1H3,(H,17,18)(H,19,20). The molecule has 1 heterocycles. The fraction of sp³-hybridized carbons (Fsp3) is 0.231. The number of rotatable bonds is 5. The van der Waals surface area contributed by atoms with Gasteiger partial charge in [0.25, 0.3) is 0 Å². The predicted molar refractivity (Wildman–Crippen MR) is 86.8 cm³/mol. The fourth-order valence-corrected chi connectivity index (χ4v) is 3.29. The van der Waals surface area contributed by atoms with Crippen molar-refractivity contribution < 1.29 is 9.90 Å². The molecular formula is C13H11Cl3N2O2S. The third-order valence-electron chi connectivity index (χ3n) is 3.14. The molecule has 1 aromatic heterocycles. The minimum absolute atomic E-state index is 0.123. The lowest BCUT2D eigenvalue weighted by atomic mass is 9.87. The number of carboxylic acid groups (broad SMARTS) is 1. The van der Waals surface area contributed by atoms with Crippen molar-refractivity contribution in [3.05, 3.63) is 44.3 Å². The van der Waals surface area contributed by atoms with Gasteiger partial charge in [0, 0.05) is 17.1 Å². The molecule has 2 N–H and O–H groups in total. The Hall–Kier alpha value is -1.01. The summed E-state index contributed by atoms with van der Waals surface area (Å²) in [5.74, 6) is -1.07. The number of aliphatic carboxylic acids is 1. The number of nitrogens with one attached hydrogen (secondary N) is 1. The molecule has 0 aliphatic carbocycles. The van der Waals surface area contributed by atoms with E-state index < -0.39 is 11.5 Å². The van der Waals surface area contributed by atoms with Gasteiger partial charge in [0.15, 0.2) is 10.7 Å². The smallest absolute Gasteiger partial charge is 0.334 e. The molecule has 8 heteroatoms. The van der Waals surface area contributed by atoms with E-state index in [4.69, 9.17) is 34.8 Å². The molecule has 2 rings (SSSR count). The minimum Gasteiger partial charge on any atom is -0.479 e. The largest absolute Gasteiger partial charge is 0.479 e. The summed E-state index contributed by atoms with van der Waals surface area (Å²) in [6.07, 6.45) is 1.84. The van der Waals surface area contributed by atoms with Crippen LogP contribution in [-0.4, -0.2) is 16.1 Å². The van der Waals surface area contributed by atoms with Gasteiger partial charge in [-0.15, -0.1) is 11.3 Å². The van der Waals surface area contributed by atoms with E-state index in [2.05, 4.69) is 10.3 Å². The second kappa shape index (κ2) is 6.40. The van der Waals surface area contributed by atoms with Gasteiger partial charge in [-0.3, -0.25) is 0 Å². The second-order valence-electron chi connectivity index (χ2n) is 4.25. The highest BCUT2D eigenvalue weighted by molar-refractivity contribution is 7.13. The van der Waals surface area contributed by atoms with Gasteiger partial charge in [-0.05, 0) is 12.5 Å². The Kier molecular flexibility index (Phi) is 4.99. The number of nitrogens with zero attached hydrogens (tertiary/aromatic N) is 1. The van der Waals surface area contributed by atoms with Crippen LogP contribution in [0.2, 0.25) is 15.1 Å². The third-order valence-corrected chi connectivity index (χ3v) is 5.13. The average molecular weight is 366 g/mol. The number of carbonyl (C=O) groups is 1. The van der Waals surface area contributed by atoms with Crippen LogP contribution in [0, 0.1) is 0 Å². The summed E-state index contributed by atoms with van der Waals surface area (Å²) < 4.78 is 0. The molecule has 0 saturated heterocycles. The van der Waals surface area contributed by atoms with Crippen molar-refractivity contribution in [1.82, 2.24) is 4.98 Å². The Morgan fingerprint density at radius 1 is 1.38 bits per heavy atom. The molecule has 0 amide bonds. The first-order valence-corrected chi connectivity index (χ1v) is 7.98. The van der Waals surface area contributed by atoms with E-state index >= 15 is 0 Å². The Morgan fingerprint density at radius 3 is 2.62 bits per heavy atom. The van der Waals surface area contributed by atoms with E-state index in [1.807, 2.05) is 0 Å². The lowest BCUT2D eigenvalue weighted by Gasteiger charge is -2.31. The molecule has 2 aromatic rings. The maximum absolute atomic E-state index is 11.9. The molecule has 0 aliphatic heterocycles. The first-order valence-electron chi connectivity index (χ1n) is 5.97. The second-order valence-corrected chi connectivity index (χ2v) is 6.31. The highest BCUT2D eigenvalue weighted by Gasteiger charge is 2.41. The average Bonchev–Trinajstić information content (AvgIpc) is 2.95. The lowest BCUT2D eigenvalue weighted by Crippen LogP contribution is -2.43. The SMILES string of the molecule is CCC(Nc1nccs1)(C(=O)O)c1ccc(Cl)c(Cl)c1Cl. The van der Waals surface area contributed by atoms with Gasteiger partial charge in [-0.25, -0.2) is 9.78 Å². The van der Waals surface area contributed by atoms with Gasteiger partial charge in [-0.2, -0.15) is 0 Å². The van der Waals surface area contributed by atoms with Crippen LogP contribution in [0.1, 0.15) is 18.9 Å². The molecule has 1 unspecified atom stereocenters. The van der Waals surface area contributed by atoms with E-state index in [9.17, 15) is 9.90 Å². The number of anilines is 1. The molecule has 112 valence electrons. The molecule has 0 fully saturated rings. The highest BCUT2D eigenvalue weighted by atomic mass is 35.5. The minimum atomic E-state index is -1.43. The number of hydrogen-bond donors (Lipinski definition) is 2. The van der Waals surface area contributed by atoms with Crippen LogP contribution in [0.3, 0.4) is 0 Å². The molecule has 0 aliphatic rings. The fourth-order valence-electron chi connectivity index (χ4n) is 1.99. The van der Waals surface area contributed by atoms with E-state index in [0.29, 0.717) is 10.7 Å². The number of carboxylic acids is 1. The predicted octanol–water partition coefficient (Wildman–Crippen LogP) is 4.91. The zero-order valence-corrected chi connectivity index (χ0v) is 13.9. The summed E-state index contributed by atoms with van der Waals surface area (Å²) >= 11 is 19.5. The quantitative estimate of drug-likeness (QED) is 0.739. The summed E-state index contributed by atoms with van der Waals surface area (Å²) in [5.41, 5.74) is -1.08. The van der Waals surface area contributed by atoms with Crippen molar-refractivity contribution in [2.24, 2.45) is 0 Å². The summed E-state index contributed by atoms with van der Waals surface area (Å²) in [6.45, 7) is 1.74. The van der Waals surface area contributed by atoms with E-state index in [-0.39, 0.29) is 21.5 Å².